The number of fused-ring (bicyclic) bond motifs is 1. The van der Waals surface area contributed by atoms with E-state index >= 15 is 0 Å². The van der Waals surface area contributed by atoms with Gasteiger partial charge >= 0.3 is 6.18 Å². The zero-order valence-electron chi connectivity index (χ0n) is 19.1. The molecule has 0 aliphatic carbocycles. The van der Waals surface area contributed by atoms with Crippen molar-refractivity contribution in [2.75, 3.05) is 21.3 Å². The third-order valence-electron chi connectivity index (χ3n) is 5.38. The molecule has 1 aromatic heterocycles. The van der Waals surface area contributed by atoms with Crippen molar-refractivity contribution in [2.45, 2.75) is 6.18 Å². The Balaban J connectivity index is 1.94. The lowest BCUT2D eigenvalue weighted by atomic mass is 10.1. The molecule has 4 rings (SSSR count). The Morgan fingerprint density at radius 3 is 2.20 bits per heavy atom. The number of hydrogen-bond donors (Lipinski definition) is 0. The van der Waals surface area contributed by atoms with E-state index in [4.69, 9.17) is 14.2 Å². The van der Waals surface area contributed by atoms with E-state index in [2.05, 4.69) is 4.98 Å². The summed E-state index contributed by atoms with van der Waals surface area (Å²) in [5.74, 6) is 1.53. The third kappa shape index (κ3) is 4.70. The second-order valence-electron chi connectivity index (χ2n) is 7.46. The number of para-hydroxylation sites is 1. The van der Waals surface area contributed by atoms with Crippen LogP contribution in [0.15, 0.2) is 65.5 Å². The Kier molecular flexibility index (Phi) is 6.50. The quantitative estimate of drug-likeness (QED) is 0.358. The monoisotopic (exact) mass is 482 g/mol. The van der Waals surface area contributed by atoms with Gasteiger partial charge in [-0.15, -0.1) is 0 Å². The van der Waals surface area contributed by atoms with Gasteiger partial charge in [0.15, 0.2) is 11.5 Å². The van der Waals surface area contributed by atoms with Crippen molar-refractivity contribution in [3.05, 3.63) is 88.0 Å². The van der Waals surface area contributed by atoms with Crippen molar-refractivity contribution < 1.29 is 27.4 Å². The van der Waals surface area contributed by atoms with Crippen LogP contribution in [0.5, 0.6) is 17.2 Å². The normalized spacial score (nSPS) is 11.7. The number of rotatable bonds is 6. The van der Waals surface area contributed by atoms with Crippen LogP contribution in [0, 0.1) is 0 Å². The number of aromatic nitrogens is 2. The molecule has 180 valence electrons. The van der Waals surface area contributed by atoms with Gasteiger partial charge < -0.3 is 14.2 Å². The summed E-state index contributed by atoms with van der Waals surface area (Å²) in [4.78, 5) is 17.9. The van der Waals surface area contributed by atoms with E-state index in [1.54, 1.807) is 42.5 Å². The fourth-order valence-electron chi connectivity index (χ4n) is 3.68. The van der Waals surface area contributed by atoms with Gasteiger partial charge in [-0.3, -0.25) is 9.36 Å². The van der Waals surface area contributed by atoms with Crippen LogP contribution in [0.1, 0.15) is 17.0 Å². The SMILES string of the molecule is COc1cc(OC)c(OC)cc1/C=C/c1nc2ccccc2c(=O)n1-c1cccc(C(F)(F)F)c1. The van der Waals surface area contributed by atoms with Gasteiger partial charge in [-0.05, 0) is 48.6 Å². The smallest absolute Gasteiger partial charge is 0.416 e. The van der Waals surface area contributed by atoms with E-state index in [0.717, 1.165) is 16.7 Å². The van der Waals surface area contributed by atoms with Gasteiger partial charge in [-0.1, -0.05) is 18.2 Å². The lowest BCUT2D eigenvalue weighted by molar-refractivity contribution is -0.137. The Hall–Kier alpha value is -4.27. The van der Waals surface area contributed by atoms with Crippen LogP contribution in [-0.4, -0.2) is 30.9 Å². The first-order valence-corrected chi connectivity index (χ1v) is 10.4. The van der Waals surface area contributed by atoms with Gasteiger partial charge in [0.25, 0.3) is 5.56 Å². The fourth-order valence-corrected chi connectivity index (χ4v) is 3.68. The number of alkyl halides is 3. The van der Waals surface area contributed by atoms with Gasteiger partial charge in [0, 0.05) is 11.6 Å². The molecule has 0 N–H and O–H groups in total. The van der Waals surface area contributed by atoms with Crippen LogP contribution in [0.3, 0.4) is 0 Å². The van der Waals surface area contributed by atoms with Crippen LogP contribution >= 0.6 is 0 Å². The van der Waals surface area contributed by atoms with E-state index in [0.29, 0.717) is 28.3 Å². The Morgan fingerprint density at radius 1 is 0.829 bits per heavy atom. The first-order valence-electron chi connectivity index (χ1n) is 10.4. The zero-order valence-corrected chi connectivity index (χ0v) is 19.1. The average Bonchev–Trinajstić information content (AvgIpc) is 2.86. The lowest BCUT2D eigenvalue weighted by Gasteiger charge is -2.14. The first kappa shape index (κ1) is 23.9. The van der Waals surface area contributed by atoms with E-state index in [9.17, 15) is 18.0 Å². The van der Waals surface area contributed by atoms with Crippen LogP contribution in [0.25, 0.3) is 28.7 Å². The molecule has 9 heteroatoms. The molecule has 6 nitrogen and oxygen atoms in total. The van der Waals surface area contributed by atoms with Crippen LogP contribution < -0.4 is 19.8 Å². The van der Waals surface area contributed by atoms with Gasteiger partial charge in [-0.25, -0.2) is 4.98 Å². The first-order chi connectivity index (χ1) is 16.8. The summed E-state index contributed by atoms with van der Waals surface area (Å²) in [6.45, 7) is 0. The molecule has 0 aliphatic rings. The molecule has 0 radical (unpaired) electrons. The molecular weight excluding hydrogens is 461 g/mol. The van der Waals surface area contributed by atoms with E-state index < -0.39 is 17.3 Å². The van der Waals surface area contributed by atoms with Gasteiger partial charge in [0.1, 0.15) is 11.6 Å². The summed E-state index contributed by atoms with van der Waals surface area (Å²) in [7, 11) is 4.49. The predicted molar refractivity (Wildman–Crippen MR) is 127 cm³/mol. The molecule has 4 aromatic rings. The van der Waals surface area contributed by atoms with Crippen LogP contribution in [-0.2, 0) is 6.18 Å². The van der Waals surface area contributed by atoms with E-state index in [1.807, 2.05) is 0 Å². The van der Waals surface area contributed by atoms with Crippen molar-refractivity contribution in [3.8, 4) is 22.9 Å². The Bertz CT molecular complexity index is 1480. The fraction of sp³-hybridized carbons (Fsp3) is 0.154. The van der Waals surface area contributed by atoms with Gasteiger partial charge in [-0.2, -0.15) is 13.2 Å². The summed E-state index contributed by atoms with van der Waals surface area (Å²) in [6, 6.07) is 14.5. The highest BCUT2D eigenvalue weighted by Gasteiger charge is 2.30. The van der Waals surface area contributed by atoms with Crippen molar-refractivity contribution in [1.82, 2.24) is 9.55 Å². The molecule has 0 fully saturated rings. The molecule has 0 bridgehead atoms. The molecule has 0 saturated carbocycles. The second kappa shape index (κ2) is 9.54. The molecule has 1 heterocycles. The van der Waals surface area contributed by atoms with Crippen molar-refractivity contribution in [2.24, 2.45) is 0 Å². The number of halogens is 3. The highest BCUT2D eigenvalue weighted by Crippen LogP contribution is 2.35. The number of hydrogen-bond acceptors (Lipinski definition) is 5. The maximum atomic E-state index is 13.4. The topological polar surface area (TPSA) is 62.6 Å². The van der Waals surface area contributed by atoms with Crippen LogP contribution in [0.4, 0.5) is 13.2 Å². The molecule has 0 spiro atoms. The van der Waals surface area contributed by atoms with Gasteiger partial charge in [0.2, 0.25) is 0 Å². The van der Waals surface area contributed by atoms with E-state index in [1.165, 1.54) is 39.5 Å². The lowest BCUT2D eigenvalue weighted by Crippen LogP contribution is -2.22. The average molecular weight is 482 g/mol. The molecule has 0 saturated heterocycles. The Morgan fingerprint density at radius 2 is 1.51 bits per heavy atom. The highest BCUT2D eigenvalue weighted by molar-refractivity contribution is 5.80. The molecular formula is C26H21F3N2O4. The predicted octanol–water partition coefficient (Wildman–Crippen LogP) is 5.60. The molecule has 35 heavy (non-hydrogen) atoms. The summed E-state index contributed by atoms with van der Waals surface area (Å²) in [5.41, 5.74) is -0.315. The van der Waals surface area contributed by atoms with E-state index in [-0.39, 0.29) is 16.9 Å². The molecule has 0 aliphatic heterocycles. The Labute approximate surface area is 198 Å². The number of methoxy groups -OCH3 is 3. The van der Waals surface area contributed by atoms with Gasteiger partial charge in [0.05, 0.1) is 43.5 Å². The zero-order chi connectivity index (χ0) is 25.2. The summed E-state index contributed by atoms with van der Waals surface area (Å²) in [6.07, 6.45) is -1.38. The second-order valence-corrected chi connectivity index (χ2v) is 7.46. The minimum atomic E-state index is -4.56. The minimum absolute atomic E-state index is 0.0435. The number of benzene rings is 3. The highest BCUT2D eigenvalue weighted by atomic mass is 19.4. The maximum Gasteiger partial charge on any atom is 0.416 e. The maximum absolute atomic E-state index is 13.4. The summed E-state index contributed by atoms with van der Waals surface area (Å²) < 4.78 is 57.4. The molecule has 3 aromatic carbocycles. The standard InChI is InChI=1S/C26H21F3N2O4/c1-33-21-15-23(35-3)22(34-2)13-16(21)11-12-24-30-20-10-5-4-9-19(20)25(32)31(24)18-8-6-7-17(14-18)26(27,28)29/h4-15H,1-3H3/b12-11+. The van der Waals surface area contributed by atoms with Crippen molar-refractivity contribution in [3.63, 3.8) is 0 Å². The largest absolute Gasteiger partial charge is 0.496 e. The minimum Gasteiger partial charge on any atom is -0.496 e. The number of ether oxygens (including phenoxy) is 3. The van der Waals surface area contributed by atoms with Crippen LogP contribution in [0.2, 0.25) is 0 Å². The summed E-state index contributed by atoms with van der Waals surface area (Å²) in [5, 5.41) is 0.283. The number of nitrogens with zero attached hydrogens (tertiary/aromatic N) is 2. The molecule has 0 atom stereocenters. The van der Waals surface area contributed by atoms with Crippen molar-refractivity contribution >= 4 is 23.1 Å². The summed E-state index contributed by atoms with van der Waals surface area (Å²) >= 11 is 0. The third-order valence-corrected chi connectivity index (χ3v) is 5.38. The van der Waals surface area contributed by atoms with Crippen molar-refractivity contribution in [1.29, 1.82) is 0 Å². The molecule has 0 amide bonds. The molecule has 0 unspecified atom stereocenters.